The maximum atomic E-state index is 14.9. The molecule has 13 heteroatoms. The number of rotatable bonds is 12. The van der Waals surface area contributed by atoms with Crippen LogP contribution < -0.4 is 16.2 Å². The molecule has 2 aliphatic rings. The normalized spacial score (nSPS) is 18.0. The predicted molar refractivity (Wildman–Crippen MR) is 119 cm³/mol. The predicted octanol–water partition coefficient (Wildman–Crippen LogP) is 1.50. The van der Waals surface area contributed by atoms with Gasteiger partial charge in [0.1, 0.15) is 0 Å². The molecular formula is C20H31ClFN7O4. The van der Waals surface area contributed by atoms with Crippen molar-refractivity contribution in [3.8, 4) is 0 Å². The molecule has 3 rings (SSSR count). The zero-order chi connectivity index (χ0) is 23.6. The molecule has 1 aliphatic carbocycles. The van der Waals surface area contributed by atoms with Gasteiger partial charge in [-0.25, -0.2) is 5.06 Å². The Morgan fingerprint density at radius 2 is 2.00 bits per heavy atom. The first-order valence-electron chi connectivity index (χ1n) is 11.2. The molecule has 2 heterocycles. The fraction of sp³-hybridized carbons (Fsp3) is 0.700. The Morgan fingerprint density at radius 3 is 2.70 bits per heavy atom. The molecule has 33 heavy (non-hydrogen) atoms. The number of halogens is 2. The van der Waals surface area contributed by atoms with E-state index in [-0.39, 0.29) is 29.9 Å². The molecule has 0 aromatic carbocycles. The third kappa shape index (κ3) is 7.91. The topological polar surface area (TPSA) is 132 Å². The molecule has 2 amide bonds. The average Bonchev–Trinajstić information content (AvgIpc) is 3.33. The number of ether oxygens (including phenoxy) is 1. The molecule has 1 aliphatic heterocycles. The van der Waals surface area contributed by atoms with Crippen molar-refractivity contribution in [2.75, 3.05) is 56.7 Å². The van der Waals surface area contributed by atoms with Crippen molar-refractivity contribution >= 4 is 35.6 Å². The monoisotopic (exact) mass is 487 g/mol. The minimum Gasteiger partial charge on any atom is -0.379 e. The number of hydrogen-bond acceptors (Lipinski definition) is 9. The van der Waals surface area contributed by atoms with E-state index in [1.54, 1.807) is 0 Å². The van der Waals surface area contributed by atoms with Gasteiger partial charge in [0, 0.05) is 26.2 Å². The largest absolute Gasteiger partial charge is 0.379 e. The van der Waals surface area contributed by atoms with E-state index in [0.29, 0.717) is 43.7 Å². The second-order valence-electron chi connectivity index (χ2n) is 8.31. The summed E-state index contributed by atoms with van der Waals surface area (Å²) in [6.07, 6.45) is 4.96. The maximum absolute atomic E-state index is 14.9. The highest BCUT2D eigenvalue weighted by Crippen LogP contribution is 2.30. The third-order valence-electron chi connectivity index (χ3n) is 5.94. The number of hydrogen-bond donors (Lipinski definition) is 4. The van der Waals surface area contributed by atoms with Gasteiger partial charge in [-0.05, 0) is 23.9 Å². The van der Waals surface area contributed by atoms with Crippen LogP contribution in [0.25, 0.3) is 0 Å². The minimum atomic E-state index is -0.786. The van der Waals surface area contributed by atoms with Crippen LogP contribution in [0.3, 0.4) is 0 Å². The van der Waals surface area contributed by atoms with Crippen molar-refractivity contribution < 1.29 is 23.9 Å². The number of aromatic nitrogens is 2. The molecule has 1 aromatic heterocycles. The van der Waals surface area contributed by atoms with Gasteiger partial charge in [-0.2, -0.15) is 14.4 Å². The number of hydrazine groups is 1. The molecule has 0 radical (unpaired) electrons. The number of amides is 2. The van der Waals surface area contributed by atoms with Crippen LogP contribution in [-0.4, -0.2) is 83.4 Å². The number of carbonyl (C=O) groups is 2. The number of hydroxylamine groups is 2. The van der Waals surface area contributed by atoms with Crippen molar-refractivity contribution in [1.82, 2.24) is 25.4 Å². The SMILES string of the molecule is O=CN(O)C[C@H](CC1CCCC1)C(=O)NNc1nc(Cl)nc(NCCN2CCOCC2)c1F. The smallest absolute Gasteiger partial charge is 0.243 e. The molecule has 0 spiro atoms. The van der Waals surface area contributed by atoms with Gasteiger partial charge in [0.05, 0.1) is 25.7 Å². The van der Waals surface area contributed by atoms with E-state index >= 15 is 0 Å². The average molecular weight is 488 g/mol. The second-order valence-corrected chi connectivity index (χ2v) is 8.65. The molecule has 0 bridgehead atoms. The summed E-state index contributed by atoms with van der Waals surface area (Å²) in [4.78, 5) is 33.4. The molecule has 11 nitrogen and oxygen atoms in total. The first kappa shape index (κ1) is 25.3. The van der Waals surface area contributed by atoms with Crippen LogP contribution in [0, 0.1) is 17.7 Å². The van der Waals surface area contributed by atoms with E-state index in [0.717, 1.165) is 38.8 Å². The molecule has 184 valence electrons. The zero-order valence-electron chi connectivity index (χ0n) is 18.4. The number of nitrogens with one attached hydrogen (secondary N) is 3. The number of anilines is 2. The van der Waals surface area contributed by atoms with Crippen LogP contribution in [0.15, 0.2) is 0 Å². The van der Waals surface area contributed by atoms with Gasteiger partial charge in [-0.3, -0.25) is 30.5 Å². The van der Waals surface area contributed by atoms with Gasteiger partial charge in [0.25, 0.3) is 0 Å². The van der Waals surface area contributed by atoms with Gasteiger partial charge in [0.2, 0.25) is 23.4 Å². The Hall–Kier alpha value is -2.28. The highest BCUT2D eigenvalue weighted by Gasteiger charge is 2.27. The summed E-state index contributed by atoms with van der Waals surface area (Å²) in [6, 6.07) is 0. The van der Waals surface area contributed by atoms with Gasteiger partial charge in [0.15, 0.2) is 11.6 Å². The van der Waals surface area contributed by atoms with E-state index in [4.69, 9.17) is 16.3 Å². The lowest BCUT2D eigenvalue weighted by molar-refractivity contribution is -0.154. The molecule has 1 saturated carbocycles. The first-order valence-corrected chi connectivity index (χ1v) is 11.6. The lowest BCUT2D eigenvalue weighted by Gasteiger charge is -2.26. The summed E-state index contributed by atoms with van der Waals surface area (Å²) in [5, 5.41) is 12.7. The van der Waals surface area contributed by atoms with Gasteiger partial charge < -0.3 is 10.1 Å². The summed E-state index contributed by atoms with van der Waals surface area (Å²) in [6.45, 7) is 3.93. The van der Waals surface area contributed by atoms with E-state index in [2.05, 4.69) is 31.0 Å². The Labute approximate surface area is 196 Å². The number of carbonyl (C=O) groups excluding carboxylic acids is 2. The highest BCUT2D eigenvalue weighted by atomic mass is 35.5. The third-order valence-corrected chi connectivity index (χ3v) is 6.11. The standard InChI is InChI=1S/C20H31ClFN7O4/c21-20-24-17(23-5-6-28-7-9-33-10-8-28)16(22)18(25-20)26-27-19(31)15(12-29(32)13-30)11-14-3-1-2-4-14/h13-15,32H,1-12H2,(H,27,31)(H2,23,24,25,26)/t15-/m0/s1. The van der Waals surface area contributed by atoms with E-state index in [1.807, 2.05) is 0 Å². The molecule has 1 aromatic rings. The Morgan fingerprint density at radius 1 is 1.30 bits per heavy atom. The van der Waals surface area contributed by atoms with Crippen molar-refractivity contribution in [3.63, 3.8) is 0 Å². The van der Waals surface area contributed by atoms with Crippen molar-refractivity contribution in [3.05, 3.63) is 11.1 Å². The lowest BCUT2D eigenvalue weighted by Crippen LogP contribution is -2.41. The zero-order valence-corrected chi connectivity index (χ0v) is 19.2. The van der Waals surface area contributed by atoms with Crippen LogP contribution in [-0.2, 0) is 14.3 Å². The van der Waals surface area contributed by atoms with Crippen LogP contribution in [0.1, 0.15) is 32.1 Å². The van der Waals surface area contributed by atoms with Crippen LogP contribution in [0.2, 0.25) is 5.28 Å². The Kier molecular flexibility index (Phi) is 9.85. The van der Waals surface area contributed by atoms with Gasteiger partial charge in [-0.15, -0.1) is 0 Å². The second kappa shape index (κ2) is 12.8. The Bertz CT molecular complexity index is 794. The van der Waals surface area contributed by atoms with Gasteiger partial charge >= 0.3 is 0 Å². The summed E-state index contributed by atoms with van der Waals surface area (Å²) >= 11 is 5.94. The van der Waals surface area contributed by atoms with Gasteiger partial charge in [-0.1, -0.05) is 25.7 Å². The van der Waals surface area contributed by atoms with Crippen molar-refractivity contribution in [2.24, 2.45) is 11.8 Å². The van der Waals surface area contributed by atoms with E-state index in [1.165, 1.54) is 0 Å². The molecule has 2 fully saturated rings. The minimum absolute atomic E-state index is 0.0787. The molecular weight excluding hydrogens is 457 g/mol. The summed E-state index contributed by atoms with van der Waals surface area (Å²) in [7, 11) is 0. The van der Waals surface area contributed by atoms with Crippen LogP contribution in [0.5, 0.6) is 0 Å². The van der Waals surface area contributed by atoms with Crippen LogP contribution in [0.4, 0.5) is 16.0 Å². The Balaban J connectivity index is 1.57. The van der Waals surface area contributed by atoms with Crippen LogP contribution >= 0.6 is 11.6 Å². The summed E-state index contributed by atoms with van der Waals surface area (Å²) in [5.74, 6) is -1.96. The first-order chi connectivity index (χ1) is 16.0. The summed E-state index contributed by atoms with van der Waals surface area (Å²) in [5.41, 5.74) is 4.89. The molecule has 0 unspecified atom stereocenters. The molecule has 1 atom stereocenters. The summed E-state index contributed by atoms with van der Waals surface area (Å²) < 4.78 is 20.2. The van der Waals surface area contributed by atoms with Crippen molar-refractivity contribution in [2.45, 2.75) is 32.1 Å². The number of nitrogens with zero attached hydrogens (tertiary/aromatic N) is 4. The van der Waals surface area contributed by atoms with E-state index < -0.39 is 17.6 Å². The maximum Gasteiger partial charge on any atom is 0.243 e. The molecule has 4 N–H and O–H groups in total. The fourth-order valence-electron chi connectivity index (χ4n) is 4.18. The fourth-order valence-corrected chi connectivity index (χ4v) is 4.35. The quantitative estimate of drug-likeness (QED) is 0.150. The highest BCUT2D eigenvalue weighted by molar-refractivity contribution is 6.28. The van der Waals surface area contributed by atoms with E-state index in [9.17, 15) is 19.2 Å². The van der Waals surface area contributed by atoms with Crippen molar-refractivity contribution in [1.29, 1.82) is 0 Å². The lowest BCUT2D eigenvalue weighted by atomic mass is 9.92. The molecule has 1 saturated heterocycles. The number of morpholine rings is 1.